The van der Waals surface area contributed by atoms with Crippen molar-refractivity contribution in [3.63, 3.8) is 0 Å². The summed E-state index contributed by atoms with van der Waals surface area (Å²) in [5.41, 5.74) is 0.0954. The molecule has 12 nitrogen and oxygen atoms in total. The molecule has 1 aliphatic heterocycles. The zero-order chi connectivity index (χ0) is 44.5. The number of carboxylic acid groups (broad SMARTS) is 1. The summed E-state index contributed by atoms with van der Waals surface area (Å²) in [7, 11) is -3.78. The summed E-state index contributed by atoms with van der Waals surface area (Å²) >= 11 is 0. The van der Waals surface area contributed by atoms with E-state index in [1.807, 2.05) is 6.92 Å². The molecule has 0 aromatic carbocycles. The number of hydrogen-bond donors (Lipinski definition) is 2. The second-order valence-electron chi connectivity index (χ2n) is 22.2. The summed E-state index contributed by atoms with van der Waals surface area (Å²) < 4.78 is 60.9. The van der Waals surface area contributed by atoms with Crippen LogP contribution in [0.1, 0.15) is 133 Å². The van der Waals surface area contributed by atoms with Gasteiger partial charge in [-0.3, -0.25) is 19.1 Å². The highest BCUT2D eigenvalue weighted by Gasteiger charge is 2.71. The Labute approximate surface area is 361 Å². The average Bonchev–Trinajstić information content (AvgIpc) is 3.56. The minimum absolute atomic E-state index is 0.0881. The van der Waals surface area contributed by atoms with Crippen LogP contribution in [-0.4, -0.2) is 106 Å². The molecule has 1 saturated heterocycles. The minimum Gasteiger partial charge on any atom is -0.481 e. The van der Waals surface area contributed by atoms with Gasteiger partial charge in [-0.05, 0) is 138 Å². The molecule has 6 aliphatic rings. The summed E-state index contributed by atoms with van der Waals surface area (Å²) in [6.07, 6.45) is 9.77. The molecule has 0 spiro atoms. The molecule has 0 bridgehead atoms. The van der Waals surface area contributed by atoms with Gasteiger partial charge in [-0.25, -0.2) is 8.42 Å². The van der Waals surface area contributed by atoms with Crippen molar-refractivity contribution in [1.82, 2.24) is 10.2 Å². The van der Waals surface area contributed by atoms with Crippen LogP contribution in [0.2, 0.25) is 0 Å². The Kier molecular flexibility index (Phi) is 13.6. The number of ether oxygens (including phenoxy) is 2. The molecule has 6 fully saturated rings. The molecule has 0 unspecified atom stereocenters. The van der Waals surface area contributed by atoms with E-state index >= 15 is 0 Å². The van der Waals surface area contributed by atoms with Gasteiger partial charge in [0.1, 0.15) is 12.5 Å². The van der Waals surface area contributed by atoms with Gasteiger partial charge >= 0.3 is 19.5 Å². The van der Waals surface area contributed by atoms with E-state index in [0.717, 1.165) is 57.8 Å². The quantitative estimate of drug-likeness (QED) is 0.0922. The summed E-state index contributed by atoms with van der Waals surface area (Å²) in [4.78, 5) is 27.2. The lowest BCUT2D eigenvalue weighted by molar-refractivity contribution is -0.246. The van der Waals surface area contributed by atoms with E-state index in [1.165, 1.54) is 26.2 Å². The number of aliphatic carboxylic acids is 1. The maximum atomic E-state index is 13.2. The number of rotatable bonds is 15. The highest BCUT2D eigenvalue weighted by Crippen LogP contribution is 2.76. The molecule has 5 aliphatic carbocycles. The molecule has 6 rings (SSSR count). The van der Waals surface area contributed by atoms with E-state index < -0.39 is 34.8 Å². The molecule has 1 heterocycles. The van der Waals surface area contributed by atoms with Crippen LogP contribution < -0.4 is 5.32 Å². The van der Waals surface area contributed by atoms with Crippen molar-refractivity contribution in [2.45, 2.75) is 157 Å². The topological polar surface area (TPSA) is 158 Å². The standard InChI is InChI=1S/C46H79N2O10PS/c1-30(2)32-15-20-46(47-28-34(48-23-25-60(53,54)26-24-48)31(3)57-29-59(52,55-11)56-12)22-21-44(9)33(39(32)46)13-14-36-43(8)18-17-37(58-38(49)27-41(4,5)40(50)51)42(6,7)35(43)16-19-45(36,44)10/h31-37,39,47H,1,13-29H2,2-12H3,(H,50,51)/t31-,32+,33-,34-,35+,36-,37+,39-,43+,44-,45-,46+/m1/s1. The summed E-state index contributed by atoms with van der Waals surface area (Å²) in [6, 6.07) is -0.139. The zero-order valence-electron chi connectivity index (χ0n) is 38.8. The van der Waals surface area contributed by atoms with E-state index in [4.69, 9.17) is 18.5 Å². The molecule has 14 heteroatoms. The van der Waals surface area contributed by atoms with Crippen LogP contribution in [0.3, 0.4) is 0 Å². The molecule has 5 saturated carbocycles. The number of allylic oxidation sites excluding steroid dienone is 1. The van der Waals surface area contributed by atoms with Gasteiger partial charge in [0.2, 0.25) is 0 Å². The number of carbonyl (C=O) groups is 2. The first kappa shape index (κ1) is 48.1. The van der Waals surface area contributed by atoms with E-state index in [2.05, 4.69) is 58.3 Å². The van der Waals surface area contributed by atoms with Gasteiger partial charge < -0.3 is 28.9 Å². The largest absolute Gasteiger partial charge is 0.481 e. The maximum absolute atomic E-state index is 13.2. The molecule has 0 radical (unpaired) electrons. The lowest BCUT2D eigenvalue weighted by Crippen LogP contribution is -2.69. The van der Waals surface area contributed by atoms with Crippen molar-refractivity contribution in [1.29, 1.82) is 0 Å². The van der Waals surface area contributed by atoms with E-state index in [1.54, 1.807) is 13.8 Å². The van der Waals surface area contributed by atoms with Crippen molar-refractivity contribution >= 4 is 29.4 Å². The monoisotopic (exact) mass is 883 g/mol. The van der Waals surface area contributed by atoms with Crippen LogP contribution in [0, 0.1) is 56.7 Å². The fourth-order valence-electron chi connectivity index (χ4n) is 14.7. The van der Waals surface area contributed by atoms with Crippen LogP contribution in [0.4, 0.5) is 0 Å². The molecule has 60 heavy (non-hydrogen) atoms. The summed E-state index contributed by atoms with van der Waals surface area (Å²) in [5.74, 6) is 1.07. The number of esters is 1. The number of carbonyl (C=O) groups excluding carboxylic acids is 1. The van der Waals surface area contributed by atoms with Gasteiger partial charge in [0.25, 0.3) is 0 Å². The van der Waals surface area contributed by atoms with Crippen molar-refractivity contribution in [3.8, 4) is 0 Å². The van der Waals surface area contributed by atoms with E-state index in [0.29, 0.717) is 49.2 Å². The van der Waals surface area contributed by atoms with E-state index in [-0.39, 0.29) is 69.7 Å². The molecule has 0 aromatic heterocycles. The number of hydrogen-bond acceptors (Lipinski definition) is 11. The van der Waals surface area contributed by atoms with Gasteiger partial charge in [-0.15, -0.1) is 0 Å². The van der Waals surface area contributed by atoms with Crippen LogP contribution in [0.5, 0.6) is 0 Å². The number of nitrogens with zero attached hydrogens (tertiary/aromatic N) is 1. The average molecular weight is 883 g/mol. The predicted molar refractivity (Wildman–Crippen MR) is 234 cm³/mol. The Balaban J connectivity index is 1.24. The number of carboxylic acids is 1. The molecular formula is C46H79N2O10PS. The second-order valence-corrected chi connectivity index (χ2v) is 26.7. The third-order valence-electron chi connectivity index (χ3n) is 18.6. The fraction of sp³-hybridized carbons (Fsp3) is 0.913. The smallest absolute Gasteiger partial charge is 0.355 e. The van der Waals surface area contributed by atoms with Crippen LogP contribution in [0.15, 0.2) is 12.2 Å². The molecular weight excluding hydrogens is 804 g/mol. The highest BCUT2D eigenvalue weighted by molar-refractivity contribution is 7.91. The lowest BCUT2D eigenvalue weighted by atomic mass is 9.32. The van der Waals surface area contributed by atoms with Crippen LogP contribution >= 0.6 is 7.60 Å². The Bertz CT molecular complexity index is 1780. The molecule has 344 valence electrons. The van der Waals surface area contributed by atoms with Gasteiger partial charge in [0.05, 0.1) is 29.4 Å². The third kappa shape index (κ3) is 8.39. The SMILES string of the molecule is C=C(C)[C@@H]1CC[C@]2(NC[C@H]([C@@H](C)OCP(=O)(OC)OC)N3CCS(=O)(=O)CC3)CC[C@]3(C)[C@H](CC[C@@H]4[C@@]5(C)CC[C@H](OC(=O)CC(C)(C)C(=O)O)C(C)(C)[C@@H]5CC[C@]43C)[C@@H]12. The molecule has 12 atom stereocenters. The van der Waals surface area contributed by atoms with Crippen LogP contribution in [0.25, 0.3) is 0 Å². The van der Waals surface area contributed by atoms with Crippen LogP contribution in [-0.2, 0) is 42.5 Å². The van der Waals surface area contributed by atoms with Gasteiger partial charge in [0, 0.05) is 50.8 Å². The summed E-state index contributed by atoms with van der Waals surface area (Å²) in [6.45, 7) is 25.9. The van der Waals surface area contributed by atoms with Gasteiger partial charge in [-0.1, -0.05) is 46.8 Å². The van der Waals surface area contributed by atoms with Gasteiger partial charge in [-0.2, -0.15) is 0 Å². The molecule has 0 aromatic rings. The molecule has 0 amide bonds. The van der Waals surface area contributed by atoms with Crippen molar-refractivity contribution < 1.29 is 46.2 Å². The fourth-order valence-corrected chi connectivity index (χ4v) is 16.7. The number of nitrogens with one attached hydrogen (secondary N) is 1. The normalized spacial score (nSPS) is 39.9. The Morgan fingerprint density at radius 2 is 1.57 bits per heavy atom. The lowest BCUT2D eigenvalue weighted by Gasteiger charge is -2.73. The summed E-state index contributed by atoms with van der Waals surface area (Å²) in [5, 5.41) is 13.9. The Hall–Kier alpha value is -1.34. The maximum Gasteiger partial charge on any atom is 0.355 e. The van der Waals surface area contributed by atoms with Crippen molar-refractivity contribution in [2.24, 2.45) is 56.7 Å². The molecule has 2 N–H and O–H groups in total. The second kappa shape index (κ2) is 16.9. The third-order valence-corrected chi connectivity index (χ3v) is 21.7. The minimum atomic E-state index is -3.41. The highest BCUT2D eigenvalue weighted by atomic mass is 32.2. The first-order valence-corrected chi connectivity index (χ1v) is 26.4. The number of fused-ring (bicyclic) bond motifs is 7. The number of sulfone groups is 1. The van der Waals surface area contributed by atoms with Gasteiger partial charge in [0.15, 0.2) is 9.84 Å². The van der Waals surface area contributed by atoms with E-state index in [9.17, 15) is 27.7 Å². The Morgan fingerprint density at radius 1 is 0.917 bits per heavy atom. The first-order valence-electron chi connectivity index (χ1n) is 22.8. The predicted octanol–water partition coefficient (Wildman–Crippen LogP) is 8.35. The zero-order valence-corrected chi connectivity index (χ0v) is 40.5. The first-order chi connectivity index (χ1) is 27.7. The van der Waals surface area contributed by atoms with Crippen molar-refractivity contribution in [3.05, 3.63) is 12.2 Å². The van der Waals surface area contributed by atoms with Crippen molar-refractivity contribution in [2.75, 3.05) is 51.7 Å². The Morgan fingerprint density at radius 3 is 2.17 bits per heavy atom.